The number of hydrogen-bond donors (Lipinski definition) is 2. The number of aromatic nitrogens is 2. The molecule has 0 saturated heterocycles. The molecular weight excluding hydrogens is 272 g/mol. The number of aryl methyl sites for hydroxylation is 1. The van der Waals surface area contributed by atoms with Crippen LogP contribution in [0.1, 0.15) is 9.75 Å². The van der Waals surface area contributed by atoms with Gasteiger partial charge >= 0.3 is 0 Å². The van der Waals surface area contributed by atoms with Crippen molar-refractivity contribution in [3.8, 4) is 0 Å². The predicted octanol–water partition coefficient (Wildman–Crippen LogP) is 1.11. The highest BCUT2D eigenvalue weighted by Crippen LogP contribution is 2.26. The Bertz CT molecular complexity index is 637. The van der Waals surface area contributed by atoms with Crippen molar-refractivity contribution in [2.24, 2.45) is 5.73 Å². The molecule has 0 fully saturated rings. The summed E-state index contributed by atoms with van der Waals surface area (Å²) in [5, 5.41) is 0. The Morgan fingerprint density at radius 1 is 1.39 bits per heavy atom. The van der Waals surface area contributed by atoms with Gasteiger partial charge in [-0.15, -0.1) is 11.3 Å². The molecule has 2 aromatic heterocycles. The summed E-state index contributed by atoms with van der Waals surface area (Å²) in [7, 11) is -3.61. The molecule has 0 atom stereocenters. The fourth-order valence-corrected chi connectivity index (χ4v) is 4.00. The van der Waals surface area contributed by atoms with E-state index in [0.29, 0.717) is 17.1 Å². The third-order valence-electron chi connectivity index (χ3n) is 2.23. The molecule has 96 valence electrons. The van der Waals surface area contributed by atoms with Gasteiger partial charge in [0, 0.05) is 16.3 Å². The van der Waals surface area contributed by atoms with Gasteiger partial charge in [-0.05, 0) is 13.0 Å². The first-order valence-electron chi connectivity index (χ1n) is 5.10. The molecule has 18 heavy (non-hydrogen) atoms. The molecule has 0 saturated carbocycles. The van der Waals surface area contributed by atoms with Crippen LogP contribution in [0.25, 0.3) is 0 Å². The zero-order valence-corrected chi connectivity index (χ0v) is 11.3. The smallest absolute Gasteiger partial charge is 0.263 e. The Morgan fingerprint density at radius 2 is 2.06 bits per heavy atom. The van der Waals surface area contributed by atoms with Gasteiger partial charge in [-0.2, -0.15) is 0 Å². The number of nitrogens with one attached hydrogen (secondary N) is 1. The van der Waals surface area contributed by atoms with Crippen LogP contribution in [-0.4, -0.2) is 18.4 Å². The summed E-state index contributed by atoms with van der Waals surface area (Å²) in [6.07, 6.45) is 4.13. The lowest BCUT2D eigenvalue weighted by molar-refractivity contribution is 0.601. The number of nitrogens with zero attached hydrogens (tertiary/aromatic N) is 2. The van der Waals surface area contributed by atoms with Crippen LogP contribution in [0.3, 0.4) is 0 Å². The van der Waals surface area contributed by atoms with Gasteiger partial charge < -0.3 is 5.73 Å². The van der Waals surface area contributed by atoms with Gasteiger partial charge in [0.25, 0.3) is 10.0 Å². The zero-order valence-electron chi connectivity index (χ0n) is 9.62. The predicted molar refractivity (Wildman–Crippen MR) is 69.8 cm³/mol. The van der Waals surface area contributed by atoms with Crippen molar-refractivity contribution in [2.75, 3.05) is 4.72 Å². The molecule has 0 aliphatic heterocycles. The molecular formula is C10H12N4O2S2. The van der Waals surface area contributed by atoms with E-state index in [2.05, 4.69) is 14.7 Å². The van der Waals surface area contributed by atoms with E-state index >= 15 is 0 Å². The van der Waals surface area contributed by atoms with Gasteiger partial charge in [0.15, 0.2) is 0 Å². The zero-order chi connectivity index (χ0) is 13.2. The van der Waals surface area contributed by atoms with E-state index < -0.39 is 10.0 Å². The quantitative estimate of drug-likeness (QED) is 0.876. The minimum atomic E-state index is -3.61. The van der Waals surface area contributed by atoms with Gasteiger partial charge in [0.1, 0.15) is 11.2 Å². The first-order chi connectivity index (χ1) is 8.53. The second-order valence-electron chi connectivity index (χ2n) is 3.57. The molecule has 8 heteroatoms. The summed E-state index contributed by atoms with van der Waals surface area (Å²) in [4.78, 5) is 9.29. The molecule has 3 N–H and O–H groups in total. The maximum atomic E-state index is 12.2. The van der Waals surface area contributed by atoms with Crippen LogP contribution in [0.5, 0.6) is 0 Å². The monoisotopic (exact) mass is 284 g/mol. The molecule has 2 aromatic rings. The molecule has 0 bridgehead atoms. The number of nitrogens with two attached hydrogens (primary N) is 1. The highest BCUT2D eigenvalue weighted by Gasteiger charge is 2.19. The van der Waals surface area contributed by atoms with E-state index in [9.17, 15) is 8.42 Å². The molecule has 0 spiro atoms. The summed E-state index contributed by atoms with van der Waals surface area (Å²) in [5.41, 5.74) is 5.83. The Hall–Kier alpha value is -1.51. The fraction of sp³-hybridized carbons (Fsp3) is 0.200. The van der Waals surface area contributed by atoms with E-state index in [4.69, 9.17) is 5.73 Å². The van der Waals surface area contributed by atoms with Crippen molar-refractivity contribution in [2.45, 2.75) is 18.4 Å². The second-order valence-corrected chi connectivity index (χ2v) is 6.56. The van der Waals surface area contributed by atoms with Gasteiger partial charge in [-0.3, -0.25) is 4.72 Å². The normalized spacial score (nSPS) is 11.4. The van der Waals surface area contributed by atoms with E-state index in [1.54, 1.807) is 13.0 Å². The lowest BCUT2D eigenvalue weighted by Gasteiger charge is -2.06. The summed E-state index contributed by atoms with van der Waals surface area (Å²) in [5.74, 6) is 0. The average molecular weight is 284 g/mol. The van der Waals surface area contributed by atoms with Gasteiger partial charge in [-0.1, -0.05) is 0 Å². The largest absolute Gasteiger partial charge is 0.326 e. The number of sulfonamides is 1. The third kappa shape index (κ3) is 2.66. The lowest BCUT2D eigenvalue weighted by Crippen LogP contribution is -2.13. The molecule has 0 aliphatic rings. The lowest BCUT2D eigenvalue weighted by atomic mass is 10.4. The van der Waals surface area contributed by atoms with Crippen LogP contribution in [-0.2, 0) is 16.6 Å². The van der Waals surface area contributed by atoms with Gasteiger partial charge in [0.05, 0.1) is 18.1 Å². The number of anilines is 1. The minimum absolute atomic E-state index is 0.247. The number of thiophene rings is 1. The molecule has 0 aliphatic carbocycles. The Balaban J connectivity index is 2.34. The summed E-state index contributed by atoms with van der Waals surface area (Å²) in [6, 6.07) is 1.59. The molecule has 0 radical (unpaired) electrons. The molecule has 2 heterocycles. The number of rotatable bonds is 4. The van der Waals surface area contributed by atoms with Crippen molar-refractivity contribution in [1.82, 2.24) is 9.97 Å². The van der Waals surface area contributed by atoms with Gasteiger partial charge in [0.2, 0.25) is 0 Å². The van der Waals surface area contributed by atoms with Crippen LogP contribution in [0, 0.1) is 6.92 Å². The SMILES string of the molecule is Cc1sc(CN)cc1S(=O)(=O)Nc1cncnc1. The first kappa shape index (κ1) is 12.9. The van der Waals surface area contributed by atoms with Crippen LogP contribution >= 0.6 is 11.3 Å². The Kier molecular flexibility index (Phi) is 3.60. The first-order valence-corrected chi connectivity index (χ1v) is 7.40. The van der Waals surface area contributed by atoms with E-state index in [1.165, 1.54) is 30.1 Å². The van der Waals surface area contributed by atoms with E-state index in [1.807, 2.05) is 0 Å². The topological polar surface area (TPSA) is 98.0 Å². The molecule has 0 aromatic carbocycles. The summed E-state index contributed by atoms with van der Waals surface area (Å²) >= 11 is 1.38. The summed E-state index contributed by atoms with van der Waals surface area (Å²) < 4.78 is 26.7. The Labute approximate surface area is 109 Å². The van der Waals surface area contributed by atoms with Crippen molar-refractivity contribution in [1.29, 1.82) is 0 Å². The maximum absolute atomic E-state index is 12.2. The Morgan fingerprint density at radius 3 is 2.61 bits per heavy atom. The standard InChI is InChI=1S/C10H12N4O2S2/c1-7-10(2-9(3-11)17-7)18(15,16)14-8-4-12-6-13-5-8/h2,4-6,14H,3,11H2,1H3. The molecule has 0 unspecified atom stereocenters. The number of hydrogen-bond acceptors (Lipinski definition) is 6. The minimum Gasteiger partial charge on any atom is -0.326 e. The van der Waals surface area contributed by atoms with Crippen LogP contribution in [0.2, 0.25) is 0 Å². The van der Waals surface area contributed by atoms with Crippen molar-refractivity contribution in [3.05, 3.63) is 34.5 Å². The third-order valence-corrected chi connectivity index (χ3v) is 4.94. The average Bonchev–Trinajstić information content (AvgIpc) is 2.72. The fourth-order valence-electron chi connectivity index (χ4n) is 1.45. The van der Waals surface area contributed by atoms with Crippen LogP contribution in [0.15, 0.2) is 29.7 Å². The maximum Gasteiger partial charge on any atom is 0.263 e. The molecule has 2 rings (SSSR count). The second kappa shape index (κ2) is 5.01. The van der Waals surface area contributed by atoms with E-state index in [0.717, 1.165) is 4.88 Å². The summed E-state index contributed by atoms with van der Waals surface area (Å²) in [6.45, 7) is 2.08. The highest BCUT2D eigenvalue weighted by atomic mass is 32.2. The van der Waals surface area contributed by atoms with Crippen LogP contribution in [0.4, 0.5) is 5.69 Å². The van der Waals surface area contributed by atoms with Crippen molar-refractivity contribution >= 4 is 27.0 Å². The van der Waals surface area contributed by atoms with Crippen LogP contribution < -0.4 is 10.5 Å². The van der Waals surface area contributed by atoms with Crippen molar-refractivity contribution in [3.63, 3.8) is 0 Å². The van der Waals surface area contributed by atoms with E-state index in [-0.39, 0.29) is 4.90 Å². The highest BCUT2D eigenvalue weighted by molar-refractivity contribution is 7.93. The van der Waals surface area contributed by atoms with Crippen molar-refractivity contribution < 1.29 is 8.42 Å². The molecule has 0 amide bonds. The molecule has 6 nitrogen and oxygen atoms in total. The van der Waals surface area contributed by atoms with Gasteiger partial charge in [-0.25, -0.2) is 18.4 Å².